The third kappa shape index (κ3) is 16.2. The molecule has 2 saturated heterocycles. The SMILES string of the molecule is CCCCCCN1CCC(CCC(=O)NCC2CCC(C(=O)N3Cc4cnn(C)c4Nc4cc(Cl)ccc43)CC2)CC1.Cl.Cn1ncc2c1Nc1cc(Cl)ccc1N(C(=O)C1CCC(CNC(=O)CCC3CCNCC3)CC1)C2. The van der Waals surface area contributed by atoms with Crippen molar-refractivity contribution in [3.05, 3.63) is 70.0 Å². The van der Waals surface area contributed by atoms with Crippen LogP contribution in [0.15, 0.2) is 48.8 Å². The molecule has 19 heteroatoms. The molecular formula is C60H87Cl3N12O4. The molecule has 4 fully saturated rings. The second-order valence-corrected chi connectivity index (χ2v) is 24.2. The largest absolute Gasteiger partial charge is 0.356 e. The number of nitrogens with zero attached hydrogens (tertiary/aromatic N) is 7. The minimum atomic E-state index is -0.0174. The molecule has 4 amide bonds. The molecule has 0 spiro atoms. The van der Waals surface area contributed by atoms with Crippen molar-refractivity contribution >= 4 is 93.6 Å². The van der Waals surface area contributed by atoms with E-state index in [9.17, 15) is 19.2 Å². The van der Waals surface area contributed by atoms with Crippen molar-refractivity contribution in [3.8, 4) is 0 Å². The summed E-state index contributed by atoms with van der Waals surface area (Å²) >= 11 is 12.6. The van der Waals surface area contributed by atoms with Crippen molar-refractivity contribution in [2.75, 3.05) is 66.2 Å². The van der Waals surface area contributed by atoms with E-state index >= 15 is 0 Å². The number of anilines is 6. The number of hydrogen-bond donors (Lipinski definition) is 5. The number of aromatic nitrogens is 4. The highest BCUT2D eigenvalue weighted by molar-refractivity contribution is 6.31. The first kappa shape index (κ1) is 60.2. The van der Waals surface area contributed by atoms with Gasteiger partial charge in [-0.25, -0.2) is 0 Å². The number of hydrogen-bond acceptors (Lipinski definition) is 10. The Morgan fingerprint density at radius 2 is 1.05 bits per heavy atom. The average molecular weight is 1150 g/mol. The van der Waals surface area contributed by atoms with Gasteiger partial charge >= 0.3 is 0 Å². The molecule has 79 heavy (non-hydrogen) atoms. The lowest BCUT2D eigenvalue weighted by Crippen LogP contribution is -2.39. The van der Waals surface area contributed by atoms with Gasteiger partial charge in [0.25, 0.3) is 0 Å². The molecule has 6 aliphatic rings. The quantitative estimate of drug-likeness (QED) is 0.0640. The predicted octanol–water partition coefficient (Wildman–Crippen LogP) is 11.4. The van der Waals surface area contributed by atoms with Crippen LogP contribution >= 0.6 is 35.6 Å². The first-order valence-electron chi connectivity index (χ1n) is 29.6. The van der Waals surface area contributed by atoms with Gasteiger partial charge in [-0.1, -0.05) is 49.4 Å². The molecule has 4 aromatic rings. The van der Waals surface area contributed by atoms with Crippen LogP contribution in [0.4, 0.5) is 34.4 Å². The van der Waals surface area contributed by atoms with Gasteiger partial charge in [0, 0.05) is 73.0 Å². The van der Waals surface area contributed by atoms with Crippen molar-refractivity contribution in [2.24, 2.45) is 49.6 Å². The minimum absolute atomic E-state index is 0. The molecule has 2 aliphatic carbocycles. The Labute approximate surface area is 485 Å². The zero-order valence-electron chi connectivity index (χ0n) is 47.0. The Hall–Kier alpha value is -4.87. The summed E-state index contributed by atoms with van der Waals surface area (Å²) in [6.07, 6.45) is 24.3. The molecule has 16 nitrogen and oxygen atoms in total. The third-order valence-electron chi connectivity index (χ3n) is 17.8. The van der Waals surface area contributed by atoms with Crippen LogP contribution < -0.4 is 36.4 Å². The number of likely N-dealkylation sites (tertiary alicyclic amines) is 1. The van der Waals surface area contributed by atoms with Gasteiger partial charge in [-0.3, -0.25) is 28.5 Å². The summed E-state index contributed by atoms with van der Waals surface area (Å²) in [7, 11) is 3.79. The molecule has 4 aliphatic heterocycles. The molecule has 2 saturated carbocycles. The normalized spacial score (nSPS) is 21.4. The lowest BCUT2D eigenvalue weighted by atomic mass is 9.81. The fourth-order valence-corrected chi connectivity index (χ4v) is 13.2. The first-order chi connectivity index (χ1) is 37.9. The number of aryl methyl sites for hydroxylation is 2. The van der Waals surface area contributed by atoms with Gasteiger partial charge in [-0.05, 0) is 189 Å². The van der Waals surface area contributed by atoms with E-state index in [1.54, 1.807) is 9.36 Å². The van der Waals surface area contributed by atoms with E-state index in [4.69, 9.17) is 23.2 Å². The zero-order valence-corrected chi connectivity index (χ0v) is 49.3. The highest BCUT2D eigenvalue weighted by Gasteiger charge is 2.36. The van der Waals surface area contributed by atoms with E-state index in [1.165, 1.54) is 71.0 Å². The van der Waals surface area contributed by atoms with E-state index in [2.05, 4.69) is 48.6 Å². The molecule has 10 rings (SSSR count). The van der Waals surface area contributed by atoms with Gasteiger partial charge in [-0.2, -0.15) is 10.2 Å². The van der Waals surface area contributed by atoms with E-state index in [-0.39, 0.29) is 47.9 Å². The lowest BCUT2D eigenvalue weighted by molar-refractivity contribution is -0.124. The summed E-state index contributed by atoms with van der Waals surface area (Å²) in [5.41, 5.74) is 5.32. The molecule has 0 atom stereocenters. The van der Waals surface area contributed by atoms with Crippen LogP contribution in [0.3, 0.4) is 0 Å². The summed E-state index contributed by atoms with van der Waals surface area (Å²) in [6, 6.07) is 11.3. The maximum absolute atomic E-state index is 13.8. The molecule has 2 aromatic heterocycles. The number of halogens is 3. The van der Waals surface area contributed by atoms with E-state index < -0.39 is 0 Å². The van der Waals surface area contributed by atoms with E-state index in [0.29, 0.717) is 59.6 Å². The number of fused-ring (bicyclic) bond motifs is 4. The number of piperidine rings is 2. The van der Waals surface area contributed by atoms with Crippen LogP contribution in [0.2, 0.25) is 10.0 Å². The maximum atomic E-state index is 13.8. The standard InChI is InChI=1S/C33H49ClN6O2.C27H37ClN6O2.ClH/c1-3-4-5-6-17-39-18-15-24(16-19-39)9-14-31(41)35-21-25-7-10-26(11-8-25)33(42)40-23-27-22-36-38(2)32(27)37-29-20-28(34)12-13-30(29)40;1-33-26-21(16-31-33)17-34(24-8-7-22(28)14-23(24)32-26)27(36)20-5-2-19(3-6-20)15-30-25(35)9-4-18-10-12-29-13-11-18;/h12-13,20,22,24-26,37H,3-11,14-19,21,23H2,1-2H3,(H,35,41);7-8,14,16,18-20,29,32H,2-6,9-13,15,17H2,1H3,(H,30,35);1H. The van der Waals surface area contributed by atoms with Gasteiger partial charge < -0.3 is 41.3 Å². The molecular weight excluding hydrogens is 1060 g/mol. The number of rotatable bonds is 17. The number of carbonyl (C=O) groups excluding carboxylic acids is 4. The summed E-state index contributed by atoms with van der Waals surface area (Å²) in [5.74, 6) is 4.65. The Morgan fingerprint density at radius 3 is 1.51 bits per heavy atom. The average Bonchev–Trinajstić information content (AvgIpc) is 4.14. The predicted molar refractivity (Wildman–Crippen MR) is 320 cm³/mol. The van der Waals surface area contributed by atoms with Crippen molar-refractivity contribution in [2.45, 2.75) is 148 Å². The summed E-state index contributed by atoms with van der Waals surface area (Å²) < 4.78 is 3.59. The Bertz CT molecular complexity index is 2650. The number of carbonyl (C=O) groups is 4. The lowest BCUT2D eigenvalue weighted by Gasteiger charge is -2.32. The Kier molecular flexibility index (Phi) is 22.3. The fourth-order valence-electron chi connectivity index (χ4n) is 12.8. The van der Waals surface area contributed by atoms with Crippen molar-refractivity contribution in [1.82, 2.24) is 40.4 Å². The number of benzene rings is 2. The van der Waals surface area contributed by atoms with Crippen LogP contribution in [0.25, 0.3) is 0 Å². The van der Waals surface area contributed by atoms with Gasteiger partial charge in [0.1, 0.15) is 11.6 Å². The number of amides is 4. The van der Waals surface area contributed by atoms with Crippen molar-refractivity contribution < 1.29 is 19.2 Å². The summed E-state index contributed by atoms with van der Waals surface area (Å²) in [5, 5.41) is 26.6. The molecule has 5 N–H and O–H groups in total. The monoisotopic (exact) mass is 1140 g/mol. The minimum Gasteiger partial charge on any atom is -0.356 e. The fraction of sp³-hybridized carbons (Fsp3) is 0.633. The smallest absolute Gasteiger partial charge is 0.230 e. The Balaban J connectivity index is 0.000000208. The highest BCUT2D eigenvalue weighted by atomic mass is 35.5. The highest BCUT2D eigenvalue weighted by Crippen LogP contribution is 2.42. The van der Waals surface area contributed by atoms with Crippen LogP contribution in [0.1, 0.15) is 146 Å². The van der Waals surface area contributed by atoms with Gasteiger partial charge in [0.15, 0.2) is 0 Å². The Morgan fingerprint density at radius 1 is 0.595 bits per heavy atom. The number of unbranched alkanes of at least 4 members (excludes halogenated alkanes) is 3. The maximum Gasteiger partial charge on any atom is 0.230 e. The second kappa shape index (κ2) is 29.2. The van der Waals surface area contributed by atoms with Crippen molar-refractivity contribution in [1.29, 1.82) is 0 Å². The second-order valence-electron chi connectivity index (χ2n) is 23.4. The molecule has 6 heterocycles. The molecule has 2 aromatic carbocycles. The first-order valence-corrected chi connectivity index (χ1v) is 30.4. The van der Waals surface area contributed by atoms with Crippen LogP contribution in [0.5, 0.6) is 0 Å². The molecule has 0 unspecified atom stereocenters. The zero-order chi connectivity index (χ0) is 54.5. The molecule has 0 radical (unpaired) electrons. The topological polar surface area (TPSA) is 174 Å². The van der Waals surface area contributed by atoms with E-state index in [1.807, 2.05) is 72.7 Å². The van der Waals surface area contributed by atoms with Crippen LogP contribution in [-0.2, 0) is 46.4 Å². The van der Waals surface area contributed by atoms with Crippen molar-refractivity contribution in [3.63, 3.8) is 0 Å². The van der Waals surface area contributed by atoms with E-state index in [0.717, 1.165) is 136 Å². The number of nitrogens with one attached hydrogen (secondary N) is 5. The van der Waals surface area contributed by atoms with Crippen LogP contribution in [0, 0.1) is 35.5 Å². The van der Waals surface area contributed by atoms with Gasteiger partial charge in [0.05, 0.1) is 48.2 Å². The van der Waals surface area contributed by atoms with Gasteiger partial charge in [0.2, 0.25) is 23.6 Å². The summed E-state index contributed by atoms with van der Waals surface area (Å²) in [6.45, 7) is 10.4. The van der Waals surface area contributed by atoms with Crippen LogP contribution in [-0.4, -0.2) is 93.9 Å². The third-order valence-corrected chi connectivity index (χ3v) is 18.3. The summed E-state index contributed by atoms with van der Waals surface area (Å²) in [4.78, 5) is 59.0. The molecule has 0 bridgehead atoms. The molecule has 432 valence electrons. The van der Waals surface area contributed by atoms with Gasteiger partial charge in [-0.15, -0.1) is 12.4 Å².